The predicted octanol–water partition coefficient (Wildman–Crippen LogP) is 2.72. The fourth-order valence-corrected chi connectivity index (χ4v) is 2.69. The van der Waals surface area contributed by atoms with Gasteiger partial charge in [0.25, 0.3) is 0 Å². The Morgan fingerprint density at radius 2 is 2.30 bits per heavy atom. The van der Waals surface area contributed by atoms with Gasteiger partial charge in [0.15, 0.2) is 0 Å². The van der Waals surface area contributed by atoms with E-state index in [1.54, 1.807) is 7.11 Å². The molecule has 1 fully saturated rings. The Kier molecular flexibility index (Phi) is 5.01. The Morgan fingerprint density at radius 1 is 1.50 bits per heavy atom. The van der Waals surface area contributed by atoms with E-state index in [1.807, 2.05) is 25.1 Å². The van der Waals surface area contributed by atoms with Crippen molar-refractivity contribution in [3.05, 3.63) is 23.8 Å². The lowest BCUT2D eigenvalue weighted by atomic mass is 9.90. The van der Waals surface area contributed by atoms with Crippen molar-refractivity contribution < 1.29 is 9.53 Å². The summed E-state index contributed by atoms with van der Waals surface area (Å²) in [6.07, 6.45) is 2.94. The second kappa shape index (κ2) is 6.75. The van der Waals surface area contributed by atoms with Crippen molar-refractivity contribution in [1.29, 1.82) is 0 Å². The first-order chi connectivity index (χ1) is 9.60. The van der Waals surface area contributed by atoms with E-state index in [4.69, 9.17) is 4.74 Å². The highest BCUT2D eigenvalue weighted by Crippen LogP contribution is 2.22. The van der Waals surface area contributed by atoms with Crippen LogP contribution in [0.4, 0.5) is 5.69 Å². The molecule has 4 heteroatoms. The van der Waals surface area contributed by atoms with Gasteiger partial charge < -0.3 is 15.4 Å². The molecule has 110 valence electrons. The second-order valence-electron chi connectivity index (χ2n) is 5.61. The van der Waals surface area contributed by atoms with E-state index in [9.17, 15) is 4.79 Å². The topological polar surface area (TPSA) is 50.4 Å². The van der Waals surface area contributed by atoms with Gasteiger partial charge in [-0.05, 0) is 56.0 Å². The van der Waals surface area contributed by atoms with Crippen molar-refractivity contribution in [2.45, 2.75) is 39.2 Å². The Balaban J connectivity index is 1.94. The minimum atomic E-state index is 0.0736. The third-order valence-electron chi connectivity index (χ3n) is 4.04. The number of hydrogen-bond acceptors (Lipinski definition) is 3. The van der Waals surface area contributed by atoms with Gasteiger partial charge in [0.05, 0.1) is 7.11 Å². The summed E-state index contributed by atoms with van der Waals surface area (Å²) in [5.74, 6) is 1.44. The van der Waals surface area contributed by atoms with Crippen LogP contribution in [-0.4, -0.2) is 25.6 Å². The van der Waals surface area contributed by atoms with Gasteiger partial charge in [-0.1, -0.05) is 6.92 Å². The molecule has 4 nitrogen and oxygen atoms in total. The van der Waals surface area contributed by atoms with Crippen molar-refractivity contribution in [3.63, 3.8) is 0 Å². The molecule has 1 amide bonds. The molecule has 0 radical (unpaired) electrons. The molecule has 0 aromatic heterocycles. The number of methoxy groups -OCH3 is 1. The summed E-state index contributed by atoms with van der Waals surface area (Å²) in [4.78, 5) is 12.2. The number of hydrogen-bond donors (Lipinski definition) is 2. The number of carbonyl (C=O) groups is 1. The minimum Gasteiger partial charge on any atom is -0.497 e. The van der Waals surface area contributed by atoms with Gasteiger partial charge >= 0.3 is 0 Å². The molecule has 0 aliphatic carbocycles. The second-order valence-corrected chi connectivity index (χ2v) is 5.61. The largest absolute Gasteiger partial charge is 0.497 e. The van der Waals surface area contributed by atoms with Crippen LogP contribution in [0.25, 0.3) is 0 Å². The molecular weight excluding hydrogens is 252 g/mol. The lowest BCUT2D eigenvalue weighted by Crippen LogP contribution is -2.42. The number of rotatable bonds is 4. The van der Waals surface area contributed by atoms with Crippen LogP contribution in [-0.2, 0) is 4.79 Å². The molecule has 2 atom stereocenters. The van der Waals surface area contributed by atoms with Gasteiger partial charge in [-0.3, -0.25) is 4.79 Å². The third-order valence-corrected chi connectivity index (χ3v) is 4.04. The summed E-state index contributed by atoms with van der Waals surface area (Å²) < 4.78 is 5.17. The van der Waals surface area contributed by atoms with Crippen LogP contribution in [0, 0.1) is 12.8 Å². The molecule has 0 spiro atoms. The molecule has 2 N–H and O–H groups in total. The van der Waals surface area contributed by atoms with E-state index < -0.39 is 0 Å². The normalized spacial score (nSPS) is 22.4. The summed E-state index contributed by atoms with van der Waals surface area (Å²) in [5, 5.41) is 6.43. The van der Waals surface area contributed by atoms with Crippen molar-refractivity contribution in [2.75, 3.05) is 19.0 Å². The summed E-state index contributed by atoms with van der Waals surface area (Å²) >= 11 is 0. The summed E-state index contributed by atoms with van der Waals surface area (Å²) in [6.45, 7) is 5.20. The first-order valence-corrected chi connectivity index (χ1v) is 7.28. The smallest absolute Gasteiger partial charge is 0.225 e. The van der Waals surface area contributed by atoms with Crippen molar-refractivity contribution >= 4 is 11.6 Å². The third kappa shape index (κ3) is 3.73. The Morgan fingerprint density at radius 3 is 2.95 bits per heavy atom. The van der Waals surface area contributed by atoms with E-state index in [1.165, 1.54) is 12.8 Å². The van der Waals surface area contributed by atoms with Gasteiger partial charge in [0.2, 0.25) is 5.91 Å². The highest BCUT2D eigenvalue weighted by Gasteiger charge is 2.23. The van der Waals surface area contributed by atoms with E-state index in [0.29, 0.717) is 18.4 Å². The molecule has 1 aliphatic rings. The zero-order chi connectivity index (χ0) is 14.5. The van der Waals surface area contributed by atoms with Gasteiger partial charge in [0.1, 0.15) is 5.75 Å². The fraction of sp³-hybridized carbons (Fsp3) is 0.562. The number of piperidine rings is 1. The zero-order valence-corrected chi connectivity index (χ0v) is 12.5. The van der Waals surface area contributed by atoms with Gasteiger partial charge in [-0.15, -0.1) is 0 Å². The molecule has 1 aliphatic heterocycles. The molecule has 20 heavy (non-hydrogen) atoms. The zero-order valence-electron chi connectivity index (χ0n) is 12.5. The molecular formula is C16H24N2O2. The SMILES string of the molecule is COc1ccc(NC(=O)CC2NCCCC2C)c(C)c1. The van der Waals surface area contributed by atoms with Crippen molar-refractivity contribution in [3.8, 4) is 5.75 Å². The van der Waals surface area contributed by atoms with Gasteiger partial charge in [-0.2, -0.15) is 0 Å². The standard InChI is InChI=1S/C16H24N2O2/c1-11-5-4-8-17-15(11)10-16(19)18-14-7-6-13(20-3)9-12(14)2/h6-7,9,11,15,17H,4-5,8,10H2,1-3H3,(H,18,19). The maximum Gasteiger partial charge on any atom is 0.225 e. The average molecular weight is 276 g/mol. The van der Waals surface area contributed by atoms with E-state index in [2.05, 4.69) is 17.6 Å². The van der Waals surface area contributed by atoms with Gasteiger partial charge in [-0.25, -0.2) is 0 Å². The van der Waals surface area contributed by atoms with E-state index >= 15 is 0 Å². The lowest BCUT2D eigenvalue weighted by molar-refractivity contribution is -0.117. The summed E-state index contributed by atoms with van der Waals surface area (Å²) in [5.41, 5.74) is 1.88. The number of ether oxygens (including phenoxy) is 1. The molecule has 2 rings (SSSR count). The number of aryl methyl sites for hydroxylation is 1. The Labute approximate surface area is 120 Å². The molecule has 1 aromatic rings. The number of anilines is 1. The maximum absolute atomic E-state index is 12.2. The number of nitrogens with one attached hydrogen (secondary N) is 2. The van der Waals surface area contributed by atoms with Gasteiger partial charge in [0, 0.05) is 18.2 Å². The van der Waals surface area contributed by atoms with Crippen LogP contribution >= 0.6 is 0 Å². The van der Waals surface area contributed by atoms with Crippen LogP contribution < -0.4 is 15.4 Å². The predicted molar refractivity (Wildman–Crippen MR) is 81.2 cm³/mol. The molecule has 0 bridgehead atoms. The van der Waals surface area contributed by atoms with Crippen LogP contribution in [0.15, 0.2) is 18.2 Å². The summed E-state index contributed by atoms with van der Waals surface area (Å²) in [7, 11) is 1.64. The molecule has 1 heterocycles. The first kappa shape index (κ1) is 14.9. The highest BCUT2D eigenvalue weighted by atomic mass is 16.5. The monoisotopic (exact) mass is 276 g/mol. The molecule has 2 unspecified atom stereocenters. The first-order valence-electron chi connectivity index (χ1n) is 7.28. The summed E-state index contributed by atoms with van der Waals surface area (Å²) in [6, 6.07) is 5.98. The van der Waals surface area contributed by atoms with Crippen molar-refractivity contribution in [2.24, 2.45) is 5.92 Å². The number of benzene rings is 1. The van der Waals surface area contributed by atoms with E-state index in [-0.39, 0.29) is 5.91 Å². The average Bonchev–Trinajstić information content (AvgIpc) is 2.43. The van der Waals surface area contributed by atoms with E-state index in [0.717, 1.165) is 23.5 Å². The Bertz CT molecular complexity index is 474. The fourth-order valence-electron chi connectivity index (χ4n) is 2.69. The molecule has 1 aromatic carbocycles. The Hall–Kier alpha value is -1.55. The number of carbonyl (C=O) groups excluding carboxylic acids is 1. The van der Waals surface area contributed by atoms with Crippen LogP contribution in [0.3, 0.4) is 0 Å². The van der Waals surface area contributed by atoms with Crippen molar-refractivity contribution in [1.82, 2.24) is 5.32 Å². The minimum absolute atomic E-state index is 0.0736. The van der Waals surface area contributed by atoms with Crippen LogP contribution in [0.1, 0.15) is 31.7 Å². The maximum atomic E-state index is 12.2. The lowest BCUT2D eigenvalue weighted by Gasteiger charge is -2.29. The highest BCUT2D eigenvalue weighted by molar-refractivity contribution is 5.92. The van der Waals surface area contributed by atoms with Crippen LogP contribution in [0.5, 0.6) is 5.75 Å². The molecule has 1 saturated heterocycles. The quantitative estimate of drug-likeness (QED) is 0.889. The molecule has 0 saturated carbocycles. The number of amides is 1. The van der Waals surface area contributed by atoms with Crippen LogP contribution in [0.2, 0.25) is 0 Å².